The highest BCUT2D eigenvalue weighted by atomic mass is 32.1. The van der Waals surface area contributed by atoms with Crippen LogP contribution in [0.2, 0.25) is 0 Å². The van der Waals surface area contributed by atoms with Gasteiger partial charge in [0.1, 0.15) is 10.9 Å². The van der Waals surface area contributed by atoms with Crippen LogP contribution in [0, 0.1) is 5.92 Å². The van der Waals surface area contributed by atoms with E-state index in [1.54, 1.807) is 12.1 Å². The van der Waals surface area contributed by atoms with Crippen molar-refractivity contribution in [3.63, 3.8) is 0 Å². The first-order valence-corrected chi connectivity index (χ1v) is 8.08. The van der Waals surface area contributed by atoms with E-state index in [1.165, 1.54) is 12.5 Å². The zero-order valence-electron chi connectivity index (χ0n) is 12.2. The van der Waals surface area contributed by atoms with Crippen LogP contribution < -0.4 is 5.32 Å². The summed E-state index contributed by atoms with van der Waals surface area (Å²) in [5.74, 6) is -1.14. The molecule has 1 aliphatic heterocycles. The summed E-state index contributed by atoms with van der Waals surface area (Å²) in [5, 5.41) is 12.5. The van der Waals surface area contributed by atoms with E-state index in [1.807, 2.05) is 0 Å². The molecule has 2 aromatic heterocycles. The molecule has 0 saturated carbocycles. The number of amides is 1. The number of furan rings is 1. The SMILES string of the molecule is O=C(NC(C(=O)O)C1CCCOC1)c1cnc(-c2ccco2)s1. The number of ether oxygens (including phenoxy) is 1. The summed E-state index contributed by atoms with van der Waals surface area (Å²) in [6.45, 7) is 0.982. The monoisotopic (exact) mass is 336 g/mol. The molecule has 2 unspecified atom stereocenters. The molecular formula is C15H16N2O5S. The number of carboxylic acids is 1. The fourth-order valence-electron chi connectivity index (χ4n) is 2.52. The predicted octanol–water partition coefficient (Wildman–Crippen LogP) is 2.01. The Kier molecular flexibility index (Phi) is 4.73. The Bertz CT molecular complexity index is 676. The molecule has 2 aromatic rings. The van der Waals surface area contributed by atoms with Crippen molar-refractivity contribution in [1.29, 1.82) is 0 Å². The van der Waals surface area contributed by atoms with Crippen LogP contribution in [-0.4, -0.2) is 41.2 Å². The van der Waals surface area contributed by atoms with Crippen LogP contribution in [0.15, 0.2) is 29.0 Å². The molecule has 8 heteroatoms. The zero-order chi connectivity index (χ0) is 16.2. The molecule has 1 saturated heterocycles. The molecule has 1 aliphatic rings. The molecule has 1 fully saturated rings. The number of rotatable bonds is 5. The average Bonchev–Trinajstić information content (AvgIpc) is 3.23. The van der Waals surface area contributed by atoms with Gasteiger partial charge in [0.15, 0.2) is 10.8 Å². The normalized spacial score (nSPS) is 19.2. The van der Waals surface area contributed by atoms with Crippen LogP contribution in [0.1, 0.15) is 22.5 Å². The summed E-state index contributed by atoms with van der Waals surface area (Å²) in [7, 11) is 0. The third kappa shape index (κ3) is 3.59. The first kappa shape index (κ1) is 15.7. The summed E-state index contributed by atoms with van der Waals surface area (Å²) in [5.41, 5.74) is 0. The lowest BCUT2D eigenvalue weighted by Gasteiger charge is -2.27. The Morgan fingerprint density at radius 2 is 2.35 bits per heavy atom. The van der Waals surface area contributed by atoms with E-state index < -0.39 is 17.9 Å². The zero-order valence-corrected chi connectivity index (χ0v) is 13.0. The van der Waals surface area contributed by atoms with Crippen LogP contribution in [0.3, 0.4) is 0 Å². The summed E-state index contributed by atoms with van der Waals surface area (Å²) in [6, 6.07) is 2.52. The molecule has 122 valence electrons. The van der Waals surface area contributed by atoms with E-state index in [9.17, 15) is 14.7 Å². The van der Waals surface area contributed by atoms with Gasteiger partial charge in [-0.2, -0.15) is 0 Å². The molecule has 3 heterocycles. The highest BCUT2D eigenvalue weighted by Crippen LogP contribution is 2.26. The first-order chi connectivity index (χ1) is 11.1. The van der Waals surface area contributed by atoms with Gasteiger partial charge >= 0.3 is 5.97 Å². The van der Waals surface area contributed by atoms with E-state index in [2.05, 4.69) is 10.3 Å². The number of nitrogens with zero attached hydrogens (tertiary/aromatic N) is 1. The Hall–Kier alpha value is -2.19. The lowest BCUT2D eigenvalue weighted by atomic mass is 9.93. The average molecular weight is 336 g/mol. The van der Waals surface area contributed by atoms with Gasteiger partial charge in [-0.05, 0) is 25.0 Å². The maximum atomic E-state index is 12.3. The van der Waals surface area contributed by atoms with Crippen molar-refractivity contribution < 1.29 is 23.8 Å². The highest BCUT2D eigenvalue weighted by Gasteiger charge is 2.32. The number of thiazole rings is 1. The molecule has 23 heavy (non-hydrogen) atoms. The number of hydrogen-bond acceptors (Lipinski definition) is 6. The minimum atomic E-state index is -1.05. The smallest absolute Gasteiger partial charge is 0.326 e. The van der Waals surface area contributed by atoms with Crippen LogP contribution in [0.5, 0.6) is 0 Å². The van der Waals surface area contributed by atoms with Gasteiger partial charge < -0.3 is 19.6 Å². The van der Waals surface area contributed by atoms with E-state index >= 15 is 0 Å². The lowest BCUT2D eigenvalue weighted by molar-refractivity contribution is -0.142. The van der Waals surface area contributed by atoms with Crippen molar-refractivity contribution in [3.05, 3.63) is 29.5 Å². The molecule has 7 nitrogen and oxygen atoms in total. The van der Waals surface area contributed by atoms with Crippen molar-refractivity contribution in [1.82, 2.24) is 10.3 Å². The summed E-state index contributed by atoms with van der Waals surface area (Å²) < 4.78 is 10.5. The van der Waals surface area contributed by atoms with E-state index in [0.717, 1.165) is 24.2 Å². The fraction of sp³-hybridized carbons (Fsp3) is 0.400. The van der Waals surface area contributed by atoms with Gasteiger partial charge in [-0.25, -0.2) is 9.78 Å². The third-order valence-corrected chi connectivity index (χ3v) is 4.69. The van der Waals surface area contributed by atoms with E-state index in [4.69, 9.17) is 9.15 Å². The van der Waals surface area contributed by atoms with Crippen LogP contribution >= 0.6 is 11.3 Å². The molecular weight excluding hydrogens is 320 g/mol. The van der Waals surface area contributed by atoms with Gasteiger partial charge in [-0.3, -0.25) is 4.79 Å². The summed E-state index contributed by atoms with van der Waals surface area (Å²) in [6.07, 6.45) is 4.47. The van der Waals surface area contributed by atoms with Crippen molar-refractivity contribution >= 4 is 23.2 Å². The van der Waals surface area contributed by atoms with Gasteiger partial charge in [0.2, 0.25) is 0 Å². The van der Waals surface area contributed by atoms with Crippen molar-refractivity contribution in [2.45, 2.75) is 18.9 Å². The molecule has 0 aliphatic carbocycles. The number of nitrogens with one attached hydrogen (secondary N) is 1. The number of carbonyl (C=O) groups is 2. The topological polar surface area (TPSA) is 102 Å². The number of carbonyl (C=O) groups excluding carboxylic acids is 1. The number of hydrogen-bond donors (Lipinski definition) is 2. The lowest BCUT2D eigenvalue weighted by Crippen LogP contribution is -2.48. The van der Waals surface area contributed by atoms with Gasteiger partial charge in [-0.1, -0.05) is 0 Å². The maximum absolute atomic E-state index is 12.3. The standard InChI is InChI=1S/C15H16N2O5S/c18-13(11-7-16-14(23-11)10-4-2-6-22-10)17-12(15(19)20)9-3-1-5-21-8-9/h2,4,6-7,9,12H,1,3,5,8H2,(H,17,18)(H,19,20). The third-order valence-electron chi connectivity index (χ3n) is 3.68. The van der Waals surface area contributed by atoms with Gasteiger partial charge in [0.05, 0.1) is 19.1 Å². The van der Waals surface area contributed by atoms with Gasteiger partial charge in [0.25, 0.3) is 5.91 Å². The predicted molar refractivity (Wildman–Crippen MR) is 82.2 cm³/mol. The minimum absolute atomic E-state index is 0.220. The molecule has 2 N–H and O–H groups in total. The second-order valence-corrected chi connectivity index (χ2v) is 6.30. The van der Waals surface area contributed by atoms with E-state index in [0.29, 0.717) is 28.9 Å². The Morgan fingerprint density at radius 3 is 3.00 bits per heavy atom. The molecule has 3 rings (SSSR count). The Balaban J connectivity index is 1.70. The quantitative estimate of drug-likeness (QED) is 0.866. The van der Waals surface area contributed by atoms with Crippen molar-refractivity contribution in [3.8, 4) is 10.8 Å². The second-order valence-electron chi connectivity index (χ2n) is 5.27. The minimum Gasteiger partial charge on any atom is -0.480 e. The van der Waals surface area contributed by atoms with Crippen LogP contribution in [0.25, 0.3) is 10.8 Å². The number of aliphatic carboxylic acids is 1. The van der Waals surface area contributed by atoms with Gasteiger partial charge in [0, 0.05) is 12.5 Å². The number of carboxylic acid groups (broad SMARTS) is 1. The second kappa shape index (κ2) is 6.93. The van der Waals surface area contributed by atoms with E-state index in [-0.39, 0.29) is 5.92 Å². The molecule has 0 spiro atoms. The van der Waals surface area contributed by atoms with Crippen molar-refractivity contribution in [2.75, 3.05) is 13.2 Å². The van der Waals surface area contributed by atoms with Crippen LogP contribution in [0.4, 0.5) is 0 Å². The Morgan fingerprint density at radius 1 is 1.48 bits per heavy atom. The van der Waals surface area contributed by atoms with Crippen molar-refractivity contribution in [2.24, 2.45) is 5.92 Å². The maximum Gasteiger partial charge on any atom is 0.326 e. The molecule has 0 aromatic carbocycles. The summed E-state index contributed by atoms with van der Waals surface area (Å²) >= 11 is 1.16. The Labute approximate surface area is 136 Å². The summed E-state index contributed by atoms with van der Waals surface area (Å²) in [4.78, 5) is 28.3. The van der Waals surface area contributed by atoms with Crippen LogP contribution in [-0.2, 0) is 9.53 Å². The molecule has 1 amide bonds. The highest BCUT2D eigenvalue weighted by molar-refractivity contribution is 7.16. The molecule has 2 atom stereocenters. The first-order valence-electron chi connectivity index (χ1n) is 7.26. The number of aromatic nitrogens is 1. The van der Waals surface area contributed by atoms with Gasteiger partial charge in [-0.15, -0.1) is 11.3 Å². The molecule has 0 radical (unpaired) electrons. The fourth-order valence-corrected chi connectivity index (χ4v) is 3.30. The molecule has 0 bridgehead atoms. The largest absolute Gasteiger partial charge is 0.480 e.